The van der Waals surface area contributed by atoms with E-state index in [-0.39, 0.29) is 29.6 Å². The van der Waals surface area contributed by atoms with E-state index < -0.39 is 12.0 Å². The summed E-state index contributed by atoms with van der Waals surface area (Å²) in [7, 11) is 0. The third-order valence-corrected chi connectivity index (χ3v) is 3.83. The van der Waals surface area contributed by atoms with Crippen LogP contribution in [-0.4, -0.2) is 33.8 Å². The fourth-order valence-corrected chi connectivity index (χ4v) is 2.90. The lowest BCUT2D eigenvalue weighted by atomic mass is 9.85. The number of carbonyl (C=O) groups excluding carboxylic acids is 2. The first-order valence-corrected chi connectivity index (χ1v) is 6.68. The molecule has 1 heterocycles. The van der Waals surface area contributed by atoms with E-state index in [4.69, 9.17) is 0 Å². The Hall–Kier alpha value is -1.65. The predicted octanol–water partition coefficient (Wildman–Crippen LogP) is 1.44. The second-order valence-electron chi connectivity index (χ2n) is 5.69. The van der Waals surface area contributed by atoms with E-state index >= 15 is 0 Å². The van der Waals surface area contributed by atoms with Gasteiger partial charge >= 0.3 is 5.97 Å². The first-order chi connectivity index (χ1) is 8.93. The van der Waals surface area contributed by atoms with Crippen molar-refractivity contribution in [1.82, 2.24) is 4.90 Å². The van der Waals surface area contributed by atoms with Crippen molar-refractivity contribution in [3.05, 3.63) is 12.2 Å². The van der Waals surface area contributed by atoms with Crippen molar-refractivity contribution >= 4 is 17.8 Å². The number of carboxylic acid groups (broad SMARTS) is 1. The summed E-state index contributed by atoms with van der Waals surface area (Å²) >= 11 is 0. The van der Waals surface area contributed by atoms with Crippen LogP contribution in [0.4, 0.5) is 0 Å². The van der Waals surface area contributed by atoms with E-state index in [2.05, 4.69) is 0 Å². The average Bonchev–Trinajstić information content (AvgIpc) is 2.60. The molecule has 1 fully saturated rings. The van der Waals surface area contributed by atoms with Gasteiger partial charge in [-0.05, 0) is 25.2 Å². The third kappa shape index (κ3) is 2.41. The van der Waals surface area contributed by atoms with Crippen molar-refractivity contribution in [2.24, 2.45) is 17.8 Å². The van der Waals surface area contributed by atoms with E-state index in [1.165, 1.54) is 0 Å². The smallest absolute Gasteiger partial charge is 0.326 e. The molecule has 0 aromatic heterocycles. The molecule has 0 radical (unpaired) electrons. The van der Waals surface area contributed by atoms with Crippen LogP contribution in [0, 0.1) is 17.8 Å². The van der Waals surface area contributed by atoms with Gasteiger partial charge in [0, 0.05) is 0 Å². The number of aliphatic carboxylic acids is 1. The maximum absolute atomic E-state index is 12.3. The van der Waals surface area contributed by atoms with Gasteiger partial charge in [-0.15, -0.1) is 0 Å². The highest BCUT2D eigenvalue weighted by molar-refractivity contribution is 6.07. The van der Waals surface area contributed by atoms with Gasteiger partial charge in [0.1, 0.15) is 6.04 Å². The topological polar surface area (TPSA) is 74.7 Å². The van der Waals surface area contributed by atoms with Crippen LogP contribution in [0.25, 0.3) is 0 Å². The molecule has 2 rings (SSSR count). The number of allylic oxidation sites excluding steroid dienone is 2. The molecule has 1 aliphatic carbocycles. The van der Waals surface area contributed by atoms with E-state index in [9.17, 15) is 19.5 Å². The molecule has 0 aromatic rings. The van der Waals surface area contributed by atoms with Crippen molar-refractivity contribution in [2.45, 2.75) is 39.2 Å². The van der Waals surface area contributed by atoms with Gasteiger partial charge in [-0.25, -0.2) is 4.79 Å². The van der Waals surface area contributed by atoms with Gasteiger partial charge in [-0.2, -0.15) is 0 Å². The molecule has 104 valence electrons. The fourth-order valence-electron chi connectivity index (χ4n) is 2.90. The molecule has 1 saturated heterocycles. The standard InChI is InChI=1S/C14H19NO4/c1-8(2)7-11(14(18)19)15-12(16)9-5-3-4-6-10(9)13(15)17/h3-4,8-11H,5-7H2,1-2H3,(H,18,19)/t9-,10+,11?. The van der Waals surface area contributed by atoms with Crippen LogP contribution in [0.5, 0.6) is 0 Å². The molecule has 2 aliphatic rings. The Labute approximate surface area is 112 Å². The summed E-state index contributed by atoms with van der Waals surface area (Å²) in [5.41, 5.74) is 0. The number of nitrogens with zero attached hydrogens (tertiary/aromatic N) is 1. The van der Waals surface area contributed by atoms with Gasteiger partial charge in [0.15, 0.2) is 0 Å². The summed E-state index contributed by atoms with van der Waals surface area (Å²) in [4.78, 5) is 36.9. The molecule has 3 atom stereocenters. The molecule has 5 heteroatoms. The van der Waals surface area contributed by atoms with E-state index in [1.54, 1.807) is 0 Å². The van der Waals surface area contributed by atoms with Crippen LogP contribution in [0.3, 0.4) is 0 Å². The predicted molar refractivity (Wildman–Crippen MR) is 68.1 cm³/mol. The molecular weight excluding hydrogens is 246 g/mol. The summed E-state index contributed by atoms with van der Waals surface area (Å²) in [6, 6.07) is -1.02. The highest BCUT2D eigenvalue weighted by Gasteiger charge is 2.51. The minimum Gasteiger partial charge on any atom is -0.480 e. The monoisotopic (exact) mass is 265 g/mol. The Bertz CT molecular complexity index is 415. The third-order valence-electron chi connectivity index (χ3n) is 3.83. The number of hydrogen-bond donors (Lipinski definition) is 1. The van der Waals surface area contributed by atoms with Gasteiger partial charge in [0.05, 0.1) is 11.8 Å². The van der Waals surface area contributed by atoms with E-state index in [0.717, 1.165) is 4.90 Å². The fraction of sp³-hybridized carbons (Fsp3) is 0.643. The summed E-state index contributed by atoms with van der Waals surface area (Å²) in [5.74, 6) is -2.32. The van der Waals surface area contributed by atoms with Crippen LogP contribution in [-0.2, 0) is 14.4 Å². The maximum atomic E-state index is 12.3. The average molecular weight is 265 g/mol. The first kappa shape index (κ1) is 13.8. The van der Waals surface area contributed by atoms with Crippen LogP contribution < -0.4 is 0 Å². The molecule has 0 spiro atoms. The minimum atomic E-state index is -1.10. The summed E-state index contributed by atoms with van der Waals surface area (Å²) in [5, 5.41) is 9.29. The number of carboxylic acids is 1. The molecule has 0 aromatic carbocycles. The number of fused-ring (bicyclic) bond motifs is 1. The molecule has 0 bridgehead atoms. The molecule has 1 N–H and O–H groups in total. The lowest BCUT2D eigenvalue weighted by Crippen LogP contribution is -2.46. The number of amides is 2. The van der Waals surface area contributed by atoms with Gasteiger partial charge in [0.25, 0.3) is 0 Å². The lowest BCUT2D eigenvalue weighted by molar-refractivity contribution is -0.155. The quantitative estimate of drug-likeness (QED) is 0.616. The Morgan fingerprint density at radius 2 is 1.74 bits per heavy atom. The number of carbonyl (C=O) groups is 3. The zero-order chi connectivity index (χ0) is 14.2. The van der Waals surface area contributed by atoms with Crippen LogP contribution >= 0.6 is 0 Å². The Morgan fingerprint density at radius 1 is 1.26 bits per heavy atom. The van der Waals surface area contributed by atoms with Crippen LogP contribution in [0.2, 0.25) is 0 Å². The largest absolute Gasteiger partial charge is 0.480 e. The number of likely N-dealkylation sites (tertiary alicyclic amines) is 1. The second kappa shape index (κ2) is 5.15. The summed E-state index contributed by atoms with van der Waals surface area (Å²) in [6.45, 7) is 3.77. The van der Waals surface area contributed by atoms with Crippen molar-refractivity contribution in [2.75, 3.05) is 0 Å². The van der Waals surface area contributed by atoms with Crippen molar-refractivity contribution < 1.29 is 19.5 Å². The Morgan fingerprint density at radius 3 is 2.11 bits per heavy atom. The molecular formula is C14H19NO4. The van der Waals surface area contributed by atoms with Crippen molar-refractivity contribution in [1.29, 1.82) is 0 Å². The van der Waals surface area contributed by atoms with Crippen molar-refractivity contribution in [3.63, 3.8) is 0 Å². The molecule has 5 nitrogen and oxygen atoms in total. The highest BCUT2D eigenvalue weighted by atomic mass is 16.4. The van der Waals surface area contributed by atoms with Gasteiger partial charge in [-0.1, -0.05) is 26.0 Å². The number of rotatable bonds is 4. The van der Waals surface area contributed by atoms with Crippen LogP contribution in [0.15, 0.2) is 12.2 Å². The first-order valence-electron chi connectivity index (χ1n) is 6.68. The minimum absolute atomic E-state index is 0.113. The Kier molecular flexibility index (Phi) is 3.73. The molecule has 1 unspecified atom stereocenters. The van der Waals surface area contributed by atoms with E-state index in [0.29, 0.717) is 19.3 Å². The second-order valence-corrected chi connectivity index (χ2v) is 5.69. The van der Waals surface area contributed by atoms with Crippen LogP contribution in [0.1, 0.15) is 33.1 Å². The molecule has 19 heavy (non-hydrogen) atoms. The number of imide groups is 1. The van der Waals surface area contributed by atoms with E-state index in [1.807, 2.05) is 26.0 Å². The van der Waals surface area contributed by atoms with Gasteiger partial charge in [-0.3, -0.25) is 14.5 Å². The normalized spacial score (nSPS) is 27.8. The lowest BCUT2D eigenvalue weighted by Gasteiger charge is -2.24. The zero-order valence-corrected chi connectivity index (χ0v) is 11.2. The van der Waals surface area contributed by atoms with Gasteiger partial charge in [0.2, 0.25) is 11.8 Å². The highest BCUT2D eigenvalue weighted by Crippen LogP contribution is 2.36. The summed E-state index contributed by atoms with van der Waals surface area (Å²) in [6.07, 6.45) is 5.18. The molecule has 1 aliphatic heterocycles. The Balaban J connectivity index is 2.26. The number of hydrogen-bond acceptors (Lipinski definition) is 3. The van der Waals surface area contributed by atoms with Gasteiger partial charge < -0.3 is 5.11 Å². The van der Waals surface area contributed by atoms with Crippen molar-refractivity contribution in [3.8, 4) is 0 Å². The SMILES string of the molecule is CC(C)CC(C(=O)O)N1C(=O)[C@H]2CC=CC[C@H]2C1=O. The molecule has 0 saturated carbocycles. The zero-order valence-electron chi connectivity index (χ0n) is 11.2. The summed E-state index contributed by atoms with van der Waals surface area (Å²) < 4.78 is 0. The molecule has 2 amide bonds. The maximum Gasteiger partial charge on any atom is 0.326 e.